The van der Waals surface area contributed by atoms with Gasteiger partial charge in [-0.15, -0.1) is 0 Å². The number of ether oxygens (including phenoxy) is 1. The van der Waals surface area contributed by atoms with Crippen molar-refractivity contribution in [3.63, 3.8) is 0 Å². The van der Waals surface area contributed by atoms with Crippen molar-refractivity contribution in [1.82, 2.24) is 9.62 Å². The zero-order chi connectivity index (χ0) is 20.9. The molecule has 0 atom stereocenters. The van der Waals surface area contributed by atoms with Crippen LogP contribution in [0.25, 0.3) is 0 Å². The van der Waals surface area contributed by atoms with E-state index < -0.39 is 10.0 Å². The summed E-state index contributed by atoms with van der Waals surface area (Å²) in [6.45, 7) is 2.07. The molecule has 1 N–H and O–H groups in total. The highest BCUT2D eigenvalue weighted by Gasteiger charge is 2.27. The lowest BCUT2D eigenvalue weighted by molar-refractivity contribution is 0.0956. The molecule has 3 rings (SSSR count). The summed E-state index contributed by atoms with van der Waals surface area (Å²) in [5.41, 5.74) is 1.37. The zero-order valence-corrected chi connectivity index (χ0v) is 17.7. The largest absolute Gasteiger partial charge is 0.497 e. The van der Waals surface area contributed by atoms with Crippen LogP contribution in [0.15, 0.2) is 48.5 Å². The Kier molecular flexibility index (Phi) is 7.00. The van der Waals surface area contributed by atoms with Gasteiger partial charge in [0.05, 0.1) is 23.4 Å². The molecule has 0 unspecified atom stereocenters. The number of nitrogens with zero attached hydrogens (tertiary/aromatic N) is 2. The maximum atomic E-state index is 12.6. The van der Waals surface area contributed by atoms with Crippen molar-refractivity contribution in [3.05, 3.63) is 59.1 Å². The Labute approximate surface area is 176 Å². The summed E-state index contributed by atoms with van der Waals surface area (Å²) in [5.74, 6) is 0.259. The van der Waals surface area contributed by atoms with Gasteiger partial charge in [0, 0.05) is 38.4 Å². The molecule has 1 fully saturated rings. The Morgan fingerprint density at radius 2 is 1.72 bits per heavy atom. The molecule has 1 aliphatic heterocycles. The maximum absolute atomic E-state index is 12.6. The molecule has 0 bridgehead atoms. The molecular formula is C20H24ClN3O4S. The third-order valence-corrected chi connectivity index (χ3v) is 7.04. The third-order valence-electron chi connectivity index (χ3n) is 4.83. The van der Waals surface area contributed by atoms with Crippen LogP contribution in [0.4, 0.5) is 5.69 Å². The second-order valence-corrected chi connectivity index (χ2v) is 9.13. The quantitative estimate of drug-likeness (QED) is 0.718. The van der Waals surface area contributed by atoms with E-state index in [0.29, 0.717) is 36.8 Å². The number of hydrogen-bond acceptors (Lipinski definition) is 5. The van der Waals surface area contributed by atoms with Gasteiger partial charge >= 0.3 is 0 Å². The van der Waals surface area contributed by atoms with Gasteiger partial charge in [-0.25, -0.2) is 8.42 Å². The molecule has 0 aliphatic carbocycles. The molecule has 2 aromatic carbocycles. The monoisotopic (exact) mass is 437 g/mol. The predicted molar refractivity (Wildman–Crippen MR) is 114 cm³/mol. The fourth-order valence-electron chi connectivity index (χ4n) is 3.18. The molecule has 2 aromatic rings. The van der Waals surface area contributed by atoms with Crippen molar-refractivity contribution in [3.8, 4) is 5.75 Å². The number of nitrogens with one attached hydrogen (secondary N) is 1. The highest BCUT2D eigenvalue weighted by atomic mass is 35.5. The number of carbonyl (C=O) groups excluding carboxylic acids is 1. The molecule has 156 valence electrons. The third kappa shape index (κ3) is 5.41. The molecule has 1 amide bonds. The van der Waals surface area contributed by atoms with Crippen LogP contribution in [-0.2, 0) is 10.0 Å². The molecule has 7 nitrogen and oxygen atoms in total. The van der Waals surface area contributed by atoms with E-state index in [4.69, 9.17) is 16.3 Å². The van der Waals surface area contributed by atoms with E-state index in [1.165, 1.54) is 4.31 Å². The maximum Gasteiger partial charge on any atom is 0.252 e. The first-order valence-electron chi connectivity index (χ1n) is 9.30. The summed E-state index contributed by atoms with van der Waals surface area (Å²) >= 11 is 5.99. The molecule has 0 saturated carbocycles. The number of piperazine rings is 1. The van der Waals surface area contributed by atoms with Crippen LogP contribution in [0.5, 0.6) is 5.75 Å². The summed E-state index contributed by atoms with van der Waals surface area (Å²) in [7, 11) is -1.83. The number of halogens is 1. The van der Waals surface area contributed by atoms with Crippen LogP contribution in [0.2, 0.25) is 5.02 Å². The van der Waals surface area contributed by atoms with Crippen LogP contribution in [0, 0.1) is 0 Å². The van der Waals surface area contributed by atoms with E-state index >= 15 is 0 Å². The second-order valence-electron chi connectivity index (χ2n) is 6.64. The Balaban J connectivity index is 1.49. The van der Waals surface area contributed by atoms with Crippen molar-refractivity contribution in [2.24, 2.45) is 0 Å². The first-order valence-corrected chi connectivity index (χ1v) is 11.3. The normalized spacial score (nSPS) is 15.2. The van der Waals surface area contributed by atoms with E-state index in [1.807, 2.05) is 24.3 Å². The summed E-state index contributed by atoms with van der Waals surface area (Å²) in [4.78, 5) is 14.3. The van der Waals surface area contributed by atoms with Crippen molar-refractivity contribution in [1.29, 1.82) is 0 Å². The molecule has 0 aromatic heterocycles. The van der Waals surface area contributed by atoms with Crippen LogP contribution >= 0.6 is 11.6 Å². The van der Waals surface area contributed by atoms with Crippen LogP contribution in [0.3, 0.4) is 0 Å². The number of carbonyl (C=O) groups is 1. The van der Waals surface area contributed by atoms with Crippen molar-refractivity contribution < 1.29 is 17.9 Å². The van der Waals surface area contributed by atoms with Gasteiger partial charge in [-0.2, -0.15) is 4.31 Å². The first kappa shape index (κ1) is 21.4. The Hall–Kier alpha value is -2.29. The van der Waals surface area contributed by atoms with Gasteiger partial charge < -0.3 is 15.0 Å². The minimum Gasteiger partial charge on any atom is -0.497 e. The molecule has 9 heteroatoms. The van der Waals surface area contributed by atoms with Crippen molar-refractivity contribution in [2.45, 2.75) is 0 Å². The van der Waals surface area contributed by atoms with Crippen LogP contribution in [-0.4, -0.2) is 64.2 Å². The van der Waals surface area contributed by atoms with Gasteiger partial charge in [0.2, 0.25) is 10.0 Å². The summed E-state index contributed by atoms with van der Waals surface area (Å²) in [6, 6.07) is 14.4. The average Bonchev–Trinajstić information content (AvgIpc) is 2.74. The molecule has 1 heterocycles. The van der Waals surface area contributed by atoms with Crippen LogP contribution < -0.4 is 15.0 Å². The number of amides is 1. The minimum absolute atomic E-state index is 0.0328. The van der Waals surface area contributed by atoms with E-state index in [1.54, 1.807) is 31.4 Å². The number of sulfonamides is 1. The summed E-state index contributed by atoms with van der Waals surface area (Å²) in [6.07, 6.45) is 0. The van der Waals surface area contributed by atoms with Gasteiger partial charge in [-0.1, -0.05) is 23.7 Å². The lowest BCUT2D eigenvalue weighted by Crippen LogP contribution is -2.50. The number of anilines is 1. The molecule has 0 radical (unpaired) electrons. The SMILES string of the molecule is COc1ccc(N2CCN(S(=O)(=O)CCNC(=O)c3ccccc3Cl)CC2)cc1. The lowest BCUT2D eigenvalue weighted by atomic mass is 10.2. The second kappa shape index (κ2) is 9.47. The molecule has 1 saturated heterocycles. The fourth-order valence-corrected chi connectivity index (χ4v) is 4.74. The number of benzene rings is 2. The van der Waals surface area contributed by atoms with Gasteiger partial charge in [0.15, 0.2) is 0 Å². The average molecular weight is 438 g/mol. The van der Waals surface area contributed by atoms with E-state index in [2.05, 4.69) is 10.2 Å². The van der Waals surface area contributed by atoms with Crippen molar-refractivity contribution >= 4 is 33.2 Å². The fraction of sp³-hybridized carbons (Fsp3) is 0.350. The number of hydrogen-bond donors (Lipinski definition) is 1. The van der Waals surface area contributed by atoms with Gasteiger partial charge in [0.25, 0.3) is 5.91 Å². The van der Waals surface area contributed by atoms with Gasteiger partial charge in [-0.05, 0) is 36.4 Å². The van der Waals surface area contributed by atoms with Gasteiger partial charge in [-0.3, -0.25) is 4.79 Å². The summed E-state index contributed by atoms with van der Waals surface area (Å²) in [5, 5.41) is 2.96. The Bertz CT molecular complexity index is 942. The Morgan fingerprint density at radius 1 is 1.07 bits per heavy atom. The smallest absolute Gasteiger partial charge is 0.252 e. The minimum atomic E-state index is -3.45. The molecule has 0 spiro atoms. The van der Waals surface area contributed by atoms with Gasteiger partial charge in [0.1, 0.15) is 5.75 Å². The highest BCUT2D eigenvalue weighted by molar-refractivity contribution is 7.89. The number of rotatable bonds is 7. The van der Waals surface area contributed by atoms with E-state index in [9.17, 15) is 13.2 Å². The molecular weight excluding hydrogens is 414 g/mol. The van der Waals surface area contributed by atoms with E-state index in [-0.39, 0.29) is 18.2 Å². The number of methoxy groups -OCH3 is 1. The predicted octanol–water partition coefficient (Wildman–Crippen LogP) is 2.23. The molecule has 1 aliphatic rings. The standard InChI is InChI=1S/C20H24ClN3O4S/c1-28-17-8-6-16(7-9-17)23-11-13-24(14-12-23)29(26,27)15-10-22-20(25)18-4-2-3-5-19(18)21/h2-9H,10-15H2,1H3,(H,22,25). The zero-order valence-electron chi connectivity index (χ0n) is 16.2. The van der Waals surface area contributed by atoms with Crippen molar-refractivity contribution in [2.75, 3.05) is 50.5 Å². The summed E-state index contributed by atoms with van der Waals surface area (Å²) < 4.78 is 31.9. The topological polar surface area (TPSA) is 79.0 Å². The van der Waals surface area contributed by atoms with Crippen LogP contribution in [0.1, 0.15) is 10.4 Å². The lowest BCUT2D eigenvalue weighted by Gasteiger charge is -2.35. The molecule has 29 heavy (non-hydrogen) atoms. The Morgan fingerprint density at radius 3 is 2.34 bits per heavy atom. The highest BCUT2D eigenvalue weighted by Crippen LogP contribution is 2.21. The first-order chi connectivity index (χ1) is 13.9. The van der Waals surface area contributed by atoms with E-state index in [0.717, 1.165) is 11.4 Å².